The Kier molecular flexibility index (Phi) is 3.34. The average molecular weight is 280 g/mol. The lowest BCUT2D eigenvalue weighted by atomic mass is 10.0. The molecule has 0 saturated heterocycles. The van der Waals surface area contributed by atoms with Crippen molar-refractivity contribution in [3.05, 3.63) is 65.0 Å². The van der Waals surface area contributed by atoms with Gasteiger partial charge < -0.3 is 5.32 Å². The van der Waals surface area contributed by atoms with Crippen LogP contribution in [0, 0.1) is 26.6 Å². The summed E-state index contributed by atoms with van der Waals surface area (Å²) in [7, 11) is 0. The molecule has 0 fully saturated rings. The smallest absolute Gasteiger partial charge is 0.131 e. The summed E-state index contributed by atoms with van der Waals surface area (Å²) in [5, 5.41) is 4.41. The summed E-state index contributed by atoms with van der Waals surface area (Å²) in [6, 6.07) is 12.6. The number of nitrogens with one attached hydrogen (secondary N) is 1. The van der Waals surface area contributed by atoms with Gasteiger partial charge in [-0.3, -0.25) is 0 Å². The van der Waals surface area contributed by atoms with Gasteiger partial charge >= 0.3 is 0 Å². The van der Waals surface area contributed by atoms with Crippen molar-refractivity contribution in [3.63, 3.8) is 0 Å². The first-order chi connectivity index (χ1) is 10.0. The highest BCUT2D eigenvalue weighted by molar-refractivity contribution is 5.87. The molecule has 0 saturated carbocycles. The fraction of sp³-hybridized carbons (Fsp3) is 0.167. The molecule has 0 atom stereocenters. The minimum Gasteiger partial charge on any atom is -0.340 e. The molecule has 2 nitrogen and oxygen atoms in total. The number of rotatable bonds is 2. The van der Waals surface area contributed by atoms with E-state index in [0.717, 1.165) is 22.6 Å². The van der Waals surface area contributed by atoms with Crippen LogP contribution in [0.25, 0.3) is 10.9 Å². The molecule has 3 aromatic rings. The van der Waals surface area contributed by atoms with Crippen LogP contribution < -0.4 is 5.32 Å². The molecule has 0 aliphatic carbocycles. The Hall–Kier alpha value is -2.42. The first-order valence-corrected chi connectivity index (χ1v) is 6.94. The number of benzene rings is 2. The van der Waals surface area contributed by atoms with Gasteiger partial charge in [-0.1, -0.05) is 11.6 Å². The van der Waals surface area contributed by atoms with E-state index in [4.69, 9.17) is 0 Å². The van der Waals surface area contributed by atoms with Crippen LogP contribution >= 0.6 is 0 Å². The topological polar surface area (TPSA) is 24.9 Å². The van der Waals surface area contributed by atoms with Gasteiger partial charge in [-0.25, -0.2) is 9.37 Å². The molecule has 0 radical (unpaired) electrons. The molecule has 2 aromatic carbocycles. The van der Waals surface area contributed by atoms with Gasteiger partial charge in [-0.15, -0.1) is 0 Å². The van der Waals surface area contributed by atoms with Crippen molar-refractivity contribution in [1.82, 2.24) is 4.98 Å². The van der Waals surface area contributed by atoms with E-state index in [9.17, 15) is 4.39 Å². The molecular formula is C18H17FN2. The highest BCUT2D eigenvalue weighted by Crippen LogP contribution is 2.26. The molecule has 1 N–H and O–H groups in total. The van der Waals surface area contributed by atoms with Gasteiger partial charge in [0.15, 0.2) is 0 Å². The zero-order valence-corrected chi connectivity index (χ0v) is 12.4. The van der Waals surface area contributed by atoms with E-state index >= 15 is 0 Å². The number of hydrogen-bond acceptors (Lipinski definition) is 2. The average Bonchev–Trinajstić information content (AvgIpc) is 2.43. The molecule has 0 spiro atoms. The summed E-state index contributed by atoms with van der Waals surface area (Å²) in [6.45, 7) is 6.25. The largest absolute Gasteiger partial charge is 0.340 e. The van der Waals surface area contributed by atoms with Crippen molar-refractivity contribution in [2.45, 2.75) is 20.8 Å². The van der Waals surface area contributed by atoms with E-state index in [-0.39, 0.29) is 5.82 Å². The van der Waals surface area contributed by atoms with Gasteiger partial charge in [0.2, 0.25) is 0 Å². The van der Waals surface area contributed by atoms with Crippen molar-refractivity contribution in [1.29, 1.82) is 0 Å². The zero-order chi connectivity index (χ0) is 15.0. The molecule has 106 valence electrons. The maximum absolute atomic E-state index is 12.9. The van der Waals surface area contributed by atoms with Crippen LogP contribution in [-0.2, 0) is 0 Å². The summed E-state index contributed by atoms with van der Waals surface area (Å²) in [5.41, 5.74) is 5.41. The van der Waals surface area contributed by atoms with Gasteiger partial charge in [-0.05, 0) is 68.3 Å². The second kappa shape index (κ2) is 5.17. The predicted molar refractivity (Wildman–Crippen MR) is 85.6 cm³/mol. The Morgan fingerprint density at radius 1 is 0.905 bits per heavy atom. The van der Waals surface area contributed by atoms with Crippen molar-refractivity contribution in [2.24, 2.45) is 0 Å². The molecule has 0 unspecified atom stereocenters. The van der Waals surface area contributed by atoms with Crippen molar-refractivity contribution in [2.75, 3.05) is 5.32 Å². The van der Waals surface area contributed by atoms with Crippen LogP contribution in [0.4, 0.5) is 15.9 Å². The number of halogens is 1. The number of nitrogens with zero attached hydrogens (tertiary/aromatic N) is 1. The van der Waals surface area contributed by atoms with Gasteiger partial charge in [0.25, 0.3) is 0 Å². The monoisotopic (exact) mass is 280 g/mol. The van der Waals surface area contributed by atoms with E-state index in [1.807, 2.05) is 6.07 Å². The standard InChI is InChI=1S/C18H17FN2/c1-11-8-13(3)18-16(9-11)12(2)10-17(21-18)20-15-6-4-14(19)5-7-15/h4-10H,1-3H3,(H,20,21). The summed E-state index contributed by atoms with van der Waals surface area (Å²) >= 11 is 0. The number of aryl methyl sites for hydroxylation is 3. The zero-order valence-electron chi connectivity index (χ0n) is 12.4. The first-order valence-electron chi connectivity index (χ1n) is 6.94. The number of pyridine rings is 1. The fourth-order valence-electron chi connectivity index (χ4n) is 2.59. The molecule has 0 aliphatic heterocycles. The Morgan fingerprint density at radius 3 is 2.33 bits per heavy atom. The Morgan fingerprint density at radius 2 is 1.62 bits per heavy atom. The third-order valence-electron chi connectivity index (χ3n) is 3.57. The lowest BCUT2D eigenvalue weighted by molar-refractivity contribution is 0.628. The van der Waals surface area contributed by atoms with Crippen LogP contribution in [0.1, 0.15) is 16.7 Å². The third-order valence-corrected chi connectivity index (χ3v) is 3.57. The molecule has 0 bridgehead atoms. The lowest BCUT2D eigenvalue weighted by Crippen LogP contribution is -1.97. The summed E-state index contributed by atoms with van der Waals surface area (Å²) in [6.07, 6.45) is 0. The Balaban J connectivity index is 2.06. The third kappa shape index (κ3) is 2.72. The number of anilines is 2. The van der Waals surface area contributed by atoms with E-state index in [1.165, 1.54) is 28.6 Å². The van der Waals surface area contributed by atoms with E-state index in [2.05, 4.69) is 43.2 Å². The van der Waals surface area contributed by atoms with Gasteiger partial charge in [0.05, 0.1) is 5.52 Å². The maximum Gasteiger partial charge on any atom is 0.131 e. The fourth-order valence-corrected chi connectivity index (χ4v) is 2.59. The summed E-state index contributed by atoms with van der Waals surface area (Å²) < 4.78 is 12.9. The summed E-state index contributed by atoms with van der Waals surface area (Å²) in [4.78, 5) is 4.69. The van der Waals surface area contributed by atoms with E-state index in [0.29, 0.717) is 0 Å². The van der Waals surface area contributed by atoms with Crippen LogP contribution in [0.2, 0.25) is 0 Å². The number of hydrogen-bond donors (Lipinski definition) is 1. The lowest BCUT2D eigenvalue weighted by Gasteiger charge is -2.11. The molecular weight excluding hydrogens is 263 g/mol. The number of aromatic nitrogens is 1. The van der Waals surface area contributed by atoms with Crippen molar-refractivity contribution < 1.29 is 4.39 Å². The highest BCUT2D eigenvalue weighted by Gasteiger charge is 2.06. The minimum absolute atomic E-state index is 0.241. The normalized spacial score (nSPS) is 10.9. The quantitative estimate of drug-likeness (QED) is 0.711. The van der Waals surface area contributed by atoms with Crippen LogP contribution in [0.15, 0.2) is 42.5 Å². The Bertz CT molecular complexity index is 808. The van der Waals surface area contributed by atoms with Gasteiger partial charge in [0, 0.05) is 11.1 Å². The van der Waals surface area contributed by atoms with Crippen molar-refractivity contribution >= 4 is 22.4 Å². The molecule has 3 rings (SSSR count). The minimum atomic E-state index is -0.241. The van der Waals surface area contributed by atoms with Gasteiger partial charge in [0.1, 0.15) is 11.6 Å². The Labute approximate surface area is 123 Å². The second-order valence-electron chi connectivity index (χ2n) is 5.43. The van der Waals surface area contributed by atoms with Crippen molar-refractivity contribution in [3.8, 4) is 0 Å². The molecule has 0 amide bonds. The molecule has 1 aromatic heterocycles. The molecule has 0 aliphatic rings. The predicted octanol–water partition coefficient (Wildman–Crippen LogP) is 5.04. The molecule has 3 heteroatoms. The maximum atomic E-state index is 12.9. The van der Waals surface area contributed by atoms with E-state index < -0.39 is 0 Å². The highest BCUT2D eigenvalue weighted by atomic mass is 19.1. The first kappa shape index (κ1) is 13.6. The van der Waals surface area contributed by atoms with Crippen LogP contribution in [0.3, 0.4) is 0 Å². The van der Waals surface area contributed by atoms with E-state index in [1.54, 1.807) is 12.1 Å². The second-order valence-corrected chi connectivity index (χ2v) is 5.43. The molecule has 21 heavy (non-hydrogen) atoms. The van der Waals surface area contributed by atoms with Crippen LogP contribution in [0.5, 0.6) is 0 Å². The SMILES string of the molecule is Cc1cc(C)c2nc(Nc3ccc(F)cc3)cc(C)c2c1. The van der Waals surface area contributed by atoms with Crippen LogP contribution in [-0.4, -0.2) is 4.98 Å². The summed E-state index contributed by atoms with van der Waals surface area (Å²) in [5.74, 6) is 0.535. The van der Waals surface area contributed by atoms with Gasteiger partial charge in [-0.2, -0.15) is 0 Å². The molecule has 1 heterocycles. The number of fused-ring (bicyclic) bond motifs is 1.